The molecule has 1 aliphatic heterocycles. The summed E-state index contributed by atoms with van der Waals surface area (Å²) >= 11 is 0. The van der Waals surface area contributed by atoms with Crippen LogP contribution in [0.3, 0.4) is 0 Å². The fourth-order valence-electron chi connectivity index (χ4n) is 2.34. The van der Waals surface area contributed by atoms with Crippen LogP contribution in [0.25, 0.3) is 0 Å². The lowest BCUT2D eigenvalue weighted by Crippen LogP contribution is -2.32. The fraction of sp³-hybridized carbons (Fsp3) is 0.500. The predicted octanol–water partition coefficient (Wildman–Crippen LogP) is 2.33. The van der Waals surface area contributed by atoms with Gasteiger partial charge in [0.25, 0.3) is 5.91 Å². The topological polar surface area (TPSA) is 67.4 Å². The van der Waals surface area contributed by atoms with E-state index >= 15 is 0 Å². The monoisotopic (exact) mass is 290 g/mol. The summed E-state index contributed by atoms with van der Waals surface area (Å²) in [5.74, 6) is -0.255. The van der Waals surface area contributed by atoms with Gasteiger partial charge in [-0.25, -0.2) is 0 Å². The molecule has 1 aromatic rings. The van der Waals surface area contributed by atoms with Crippen LogP contribution in [0.2, 0.25) is 0 Å². The molecule has 114 valence electrons. The molecule has 1 heterocycles. The van der Waals surface area contributed by atoms with Crippen LogP contribution in [0.15, 0.2) is 24.3 Å². The molecule has 2 rings (SSSR count). The van der Waals surface area contributed by atoms with Crippen molar-refractivity contribution in [2.75, 3.05) is 18.5 Å². The molecule has 21 heavy (non-hydrogen) atoms. The Balaban J connectivity index is 1.97. The van der Waals surface area contributed by atoms with E-state index in [1.165, 1.54) is 0 Å². The van der Waals surface area contributed by atoms with Crippen molar-refractivity contribution in [3.63, 3.8) is 0 Å². The molecule has 1 aliphatic rings. The van der Waals surface area contributed by atoms with Crippen LogP contribution >= 0.6 is 0 Å². The normalized spacial score (nSPS) is 17.5. The van der Waals surface area contributed by atoms with E-state index in [9.17, 15) is 9.59 Å². The van der Waals surface area contributed by atoms with Crippen molar-refractivity contribution in [3.05, 3.63) is 29.8 Å². The van der Waals surface area contributed by atoms with Gasteiger partial charge in [0.1, 0.15) is 0 Å². The first kappa shape index (κ1) is 15.5. The maximum absolute atomic E-state index is 12.2. The van der Waals surface area contributed by atoms with Crippen molar-refractivity contribution in [2.45, 2.75) is 38.7 Å². The number of ether oxygens (including phenoxy) is 1. The maximum Gasteiger partial charge on any atom is 0.253 e. The third-order valence-corrected chi connectivity index (χ3v) is 3.44. The van der Waals surface area contributed by atoms with Crippen LogP contribution in [0.4, 0.5) is 5.69 Å². The van der Waals surface area contributed by atoms with E-state index < -0.39 is 0 Å². The van der Waals surface area contributed by atoms with Gasteiger partial charge in [-0.2, -0.15) is 0 Å². The van der Waals surface area contributed by atoms with Gasteiger partial charge in [-0.1, -0.05) is 19.1 Å². The van der Waals surface area contributed by atoms with Crippen LogP contribution in [-0.2, 0) is 9.53 Å². The zero-order valence-electron chi connectivity index (χ0n) is 12.4. The van der Waals surface area contributed by atoms with Gasteiger partial charge in [0.2, 0.25) is 5.91 Å². The molecular formula is C16H22N2O3. The lowest BCUT2D eigenvalue weighted by molar-refractivity contribution is -0.116. The third kappa shape index (κ3) is 4.56. The Morgan fingerprint density at radius 2 is 2.14 bits per heavy atom. The van der Waals surface area contributed by atoms with E-state index in [2.05, 4.69) is 10.6 Å². The Labute approximate surface area is 125 Å². The highest BCUT2D eigenvalue weighted by atomic mass is 16.5. The van der Waals surface area contributed by atoms with Gasteiger partial charge in [-0.05, 0) is 31.4 Å². The molecular weight excluding hydrogens is 268 g/mol. The average Bonchev–Trinajstić information content (AvgIpc) is 2.99. The van der Waals surface area contributed by atoms with Gasteiger partial charge in [0.15, 0.2) is 0 Å². The lowest BCUT2D eigenvalue weighted by Gasteiger charge is -2.13. The second kappa shape index (κ2) is 7.78. The fourth-order valence-corrected chi connectivity index (χ4v) is 2.34. The van der Waals surface area contributed by atoms with Gasteiger partial charge in [0, 0.05) is 19.6 Å². The molecule has 1 atom stereocenters. The molecule has 1 saturated heterocycles. The summed E-state index contributed by atoms with van der Waals surface area (Å²) in [6.07, 6.45) is 3.36. The minimum atomic E-state index is -0.183. The molecule has 5 nitrogen and oxygen atoms in total. The Kier molecular flexibility index (Phi) is 5.75. The molecule has 0 aromatic heterocycles. The Bertz CT molecular complexity index is 496. The summed E-state index contributed by atoms with van der Waals surface area (Å²) in [4.78, 5) is 23.9. The number of benzene rings is 1. The number of nitrogens with one attached hydrogen (secondary N) is 2. The summed E-state index contributed by atoms with van der Waals surface area (Å²) in [5, 5.41) is 5.66. The SMILES string of the molecule is CCCC(=O)Nc1ccccc1C(=O)NC[C@@H]1CCCO1. The lowest BCUT2D eigenvalue weighted by atomic mass is 10.1. The Morgan fingerprint density at radius 1 is 1.33 bits per heavy atom. The molecule has 0 unspecified atom stereocenters. The molecule has 1 fully saturated rings. The van der Waals surface area contributed by atoms with Gasteiger partial charge in [-0.15, -0.1) is 0 Å². The van der Waals surface area contributed by atoms with Crippen LogP contribution < -0.4 is 10.6 Å². The highest BCUT2D eigenvalue weighted by molar-refractivity contribution is 6.03. The molecule has 0 bridgehead atoms. The van der Waals surface area contributed by atoms with E-state index in [1.807, 2.05) is 6.92 Å². The number of anilines is 1. The number of hydrogen-bond donors (Lipinski definition) is 2. The molecule has 1 aromatic carbocycles. The first-order valence-electron chi connectivity index (χ1n) is 7.49. The van der Waals surface area contributed by atoms with E-state index in [1.54, 1.807) is 24.3 Å². The van der Waals surface area contributed by atoms with Gasteiger partial charge >= 0.3 is 0 Å². The van der Waals surface area contributed by atoms with Gasteiger partial charge < -0.3 is 15.4 Å². The van der Waals surface area contributed by atoms with Crippen LogP contribution in [-0.4, -0.2) is 31.1 Å². The molecule has 2 N–H and O–H groups in total. The average molecular weight is 290 g/mol. The number of para-hydroxylation sites is 1. The second-order valence-corrected chi connectivity index (χ2v) is 5.19. The largest absolute Gasteiger partial charge is 0.376 e. The van der Waals surface area contributed by atoms with E-state index in [-0.39, 0.29) is 17.9 Å². The molecule has 0 radical (unpaired) electrons. The van der Waals surface area contributed by atoms with Crippen molar-refractivity contribution in [3.8, 4) is 0 Å². The number of carbonyl (C=O) groups excluding carboxylic acids is 2. The summed E-state index contributed by atoms with van der Waals surface area (Å²) < 4.78 is 5.48. The minimum absolute atomic E-state index is 0.0723. The first-order valence-corrected chi connectivity index (χ1v) is 7.49. The Morgan fingerprint density at radius 3 is 2.86 bits per heavy atom. The zero-order valence-corrected chi connectivity index (χ0v) is 12.4. The van der Waals surface area contributed by atoms with Crippen LogP contribution in [0, 0.1) is 0 Å². The van der Waals surface area contributed by atoms with Crippen LogP contribution in [0.1, 0.15) is 43.0 Å². The first-order chi connectivity index (χ1) is 10.2. The second-order valence-electron chi connectivity index (χ2n) is 5.19. The number of amides is 2. The number of rotatable bonds is 6. The highest BCUT2D eigenvalue weighted by Crippen LogP contribution is 2.16. The van der Waals surface area contributed by atoms with Gasteiger partial charge in [0.05, 0.1) is 17.4 Å². The number of hydrogen-bond acceptors (Lipinski definition) is 3. The van der Waals surface area contributed by atoms with E-state index in [4.69, 9.17) is 4.74 Å². The predicted molar refractivity (Wildman–Crippen MR) is 81.3 cm³/mol. The summed E-state index contributed by atoms with van der Waals surface area (Å²) in [7, 11) is 0. The van der Waals surface area contributed by atoms with Gasteiger partial charge in [-0.3, -0.25) is 9.59 Å². The molecule has 2 amide bonds. The van der Waals surface area contributed by atoms with E-state index in [0.717, 1.165) is 25.9 Å². The third-order valence-electron chi connectivity index (χ3n) is 3.44. The summed E-state index contributed by atoms with van der Waals surface area (Å²) in [5.41, 5.74) is 1.04. The van der Waals surface area contributed by atoms with Crippen molar-refractivity contribution in [2.24, 2.45) is 0 Å². The Hall–Kier alpha value is -1.88. The highest BCUT2D eigenvalue weighted by Gasteiger charge is 2.18. The van der Waals surface area contributed by atoms with Crippen molar-refractivity contribution >= 4 is 17.5 Å². The smallest absolute Gasteiger partial charge is 0.253 e. The van der Waals surface area contributed by atoms with Crippen molar-refractivity contribution in [1.82, 2.24) is 5.32 Å². The quantitative estimate of drug-likeness (QED) is 0.845. The summed E-state index contributed by atoms with van der Waals surface area (Å²) in [6.45, 7) is 3.22. The molecule has 0 aliphatic carbocycles. The standard InChI is InChI=1S/C16H22N2O3/c1-2-6-15(19)18-14-9-4-3-8-13(14)16(20)17-11-12-7-5-10-21-12/h3-4,8-9,12H,2,5-7,10-11H2,1H3,(H,17,20)(H,18,19)/t12-/m0/s1. The summed E-state index contributed by atoms with van der Waals surface area (Å²) in [6, 6.07) is 7.05. The van der Waals surface area contributed by atoms with Crippen LogP contribution in [0.5, 0.6) is 0 Å². The number of carbonyl (C=O) groups is 2. The molecule has 0 spiro atoms. The maximum atomic E-state index is 12.2. The van der Waals surface area contributed by atoms with E-state index in [0.29, 0.717) is 24.2 Å². The zero-order chi connectivity index (χ0) is 15.1. The minimum Gasteiger partial charge on any atom is -0.376 e. The molecule has 0 saturated carbocycles. The van der Waals surface area contributed by atoms with Crippen molar-refractivity contribution < 1.29 is 14.3 Å². The molecule has 5 heteroatoms. The van der Waals surface area contributed by atoms with Crippen molar-refractivity contribution in [1.29, 1.82) is 0 Å².